The molecule has 1 aromatic rings. The maximum Gasteiger partial charge on any atom is 0.194 e. The van der Waals surface area contributed by atoms with Crippen LogP contribution in [0.2, 0.25) is 0 Å². The normalized spacial score (nSPS) is 25.2. The third-order valence-corrected chi connectivity index (χ3v) is 6.48. The molecule has 2 unspecified atom stereocenters. The Morgan fingerprint density at radius 3 is 2.67 bits per heavy atom. The van der Waals surface area contributed by atoms with Crippen molar-refractivity contribution in [2.45, 2.75) is 44.7 Å². The zero-order valence-corrected chi connectivity index (χ0v) is 20.6. The minimum atomic E-state index is 0. The van der Waals surface area contributed by atoms with Gasteiger partial charge in [0.1, 0.15) is 5.76 Å². The van der Waals surface area contributed by atoms with Crippen molar-refractivity contribution in [1.29, 1.82) is 0 Å². The van der Waals surface area contributed by atoms with Crippen molar-refractivity contribution in [2.75, 3.05) is 65.6 Å². The van der Waals surface area contributed by atoms with Gasteiger partial charge >= 0.3 is 0 Å². The van der Waals surface area contributed by atoms with Crippen molar-refractivity contribution in [2.24, 2.45) is 4.99 Å². The van der Waals surface area contributed by atoms with E-state index < -0.39 is 0 Å². The second kappa shape index (κ2) is 12.3. The number of aliphatic imine (C=N–C) groups is 1. The maximum absolute atomic E-state index is 5.80. The lowest BCUT2D eigenvalue weighted by Gasteiger charge is -2.33. The van der Waals surface area contributed by atoms with Crippen LogP contribution in [-0.2, 0) is 4.74 Å². The first-order chi connectivity index (χ1) is 14.3. The topological polar surface area (TPSA) is 56.5 Å². The van der Waals surface area contributed by atoms with E-state index in [-0.39, 0.29) is 30.0 Å². The summed E-state index contributed by atoms with van der Waals surface area (Å²) in [4.78, 5) is 12.7. The SMILES string of the molecule is CCNC(=NCC(c1ccco1)N1CCCCC1)N1CCC(N2CCOCC2)C1.I. The number of furan rings is 1. The van der Waals surface area contributed by atoms with Gasteiger partial charge in [-0.15, -0.1) is 24.0 Å². The molecule has 7 nitrogen and oxygen atoms in total. The molecule has 8 heteroatoms. The molecule has 0 aromatic carbocycles. The lowest BCUT2D eigenvalue weighted by Crippen LogP contribution is -2.47. The molecular weight excluding hydrogens is 493 g/mol. The molecule has 30 heavy (non-hydrogen) atoms. The third-order valence-electron chi connectivity index (χ3n) is 6.48. The monoisotopic (exact) mass is 531 g/mol. The van der Waals surface area contributed by atoms with Crippen LogP contribution in [-0.4, -0.2) is 92.3 Å². The van der Waals surface area contributed by atoms with Crippen molar-refractivity contribution in [3.63, 3.8) is 0 Å². The molecular formula is C22H38IN5O2. The average molecular weight is 531 g/mol. The van der Waals surface area contributed by atoms with E-state index in [4.69, 9.17) is 14.1 Å². The molecule has 1 N–H and O–H groups in total. The van der Waals surface area contributed by atoms with Gasteiger partial charge in [-0.1, -0.05) is 6.42 Å². The summed E-state index contributed by atoms with van der Waals surface area (Å²) in [5, 5.41) is 3.54. The largest absolute Gasteiger partial charge is 0.468 e. The second-order valence-electron chi connectivity index (χ2n) is 8.36. The molecule has 1 aromatic heterocycles. The number of morpholine rings is 1. The fourth-order valence-electron chi connectivity index (χ4n) is 4.87. The van der Waals surface area contributed by atoms with E-state index in [0.29, 0.717) is 6.04 Å². The Balaban J connectivity index is 0.00000256. The first-order valence-corrected chi connectivity index (χ1v) is 11.5. The van der Waals surface area contributed by atoms with E-state index in [1.165, 1.54) is 25.7 Å². The molecule has 3 aliphatic heterocycles. The molecule has 2 atom stereocenters. The van der Waals surface area contributed by atoms with E-state index >= 15 is 0 Å². The average Bonchev–Trinajstić information content (AvgIpc) is 3.47. The van der Waals surface area contributed by atoms with Crippen molar-refractivity contribution in [3.05, 3.63) is 24.2 Å². The van der Waals surface area contributed by atoms with Crippen LogP contribution < -0.4 is 5.32 Å². The van der Waals surface area contributed by atoms with E-state index in [0.717, 1.165) is 77.3 Å². The first-order valence-electron chi connectivity index (χ1n) is 11.5. The van der Waals surface area contributed by atoms with E-state index in [1.807, 2.05) is 6.07 Å². The standard InChI is InChI=1S/C22H37N5O2.HI/c1-2-23-22(27-11-8-19(18-27)25-12-15-28-16-13-25)24-17-20(21-7-6-14-29-21)26-9-4-3-5-10-26;/h6-7,14,19-20H,2-5,8-13,15-18H2,1H3,(H,23,24);1H. The molecule has 4 heterocycles. The summed E-state index contributed by atoms with van der Waals surface area (Å²) in [5.74, 6) is 2.09. The smallest absolute Gasteiger partial charge is 0.194 e. The van der Waals surface area contributed by atoms with E-state index in [1.54, 1.807) is 6.26 Å². The fraction of sp³-hybridized carbons (Fsp3) is 0.773. The Hall–Kier alpha value is -0.840. The van der Waals surface area contributed by atoms with Gasteiger partial charge in [0.25, 0.3) is 0 Å². The fourth-order valence-corrected chi connectivity index (χ4v) is 4.87. The quantitative estimate of drug-likeness (QED) is 0.346. The molecule has 0 amide bonds. The number of nitrogens with zero attached hydrogens (tertiary/aromatic N) is 4. The van der Waals surface area contributed by atoms with Gasteiger partial charge in [-0.05, 0) is 51.4 Å². The Kier molecular flexibility index (Phi) is 9.73. The van der Waals surface area contributed by atoms with Crippen molar-refractivity contribution < 1.29 is 9.15 Å². The predicted octanol–water partition coefficient (Wildman–Crippen LogP) is 2.80. The number of likely N-dealkylation sites (tertiary alicyclic amines) is 2. The highest BCUT2D eigenvalue weighted by Crippen LogP contribution is 2.26. The summed E-state index contributed by atoms with van der Waals surface area (Å²) < 4.78 is 11.3. The van der Waals surface area contributed by atoms with Gasteiger partial charge in [0.15, 0.2) is 5.96 Å². The minimum Gasteiger partial charge on any atom is -0.468 e. The number of hydrogen-bond donors (Lipinski definition) is 1. The molecule has 4 rings (SSSR count). The number of ether oxygens (including phenoxy) is 1. The molecule has 0 radical (unpaired) electrons. The number of rotatable bonds is 6. The number of piperidine rings is 1. The number of nitrogens with one attached hydrogen (secondary N) is 1. The summed E-state index contributed by atoms with van der Waals surface area (Å²) in [6.07, 6.45) is 6.87. The highest BCUT2D eigenvalue weighted by atomic mass is 127. The maximum atomic E-state index is 5.80. The van der Waals surface area contributed by atoms with Crippen molar-refractivity contribution >= 4 is 29.9 Å². The summed E-state index contributed by atoms with van der Waals surface area (Å²) in [5.41, 5.74) is 0. The summed E-state index contributed by atoms with van der Waals surface area (Å²) in [6.45, 7) is 12.0. The molecule has 0 bridgehead atoms. The van der Waals surface area contributed by atoms with E-state index in [2.05, 4.69) is 33.0 Å². The number of hydrogen-bond acceptors (Lipinski definition) is 5. The van der Waals surface area contributed by atoms with Crippen LogP contribution in [0, 0.1) is 0 Å². The lowest BCUT2D eigenvalue weighted by atomic mass is 10.1. The Morgan fingerprint density at radius 2 is 1.97 bits per heavy atom. The van der Waals surface area contributed by atoms with Gasteiger partial charge in [-0.25, -0.2) is 0 Å². The predicted molar refractivity (Wildman–Crippen MR) is 131 cm³/mol. The Morgan fingerprint density at radius 1 is 1.17 bits per heavy atom. The van der Waals surface area contributed by atoms with Gasteiger partial charge < -0.3 is 19.4 Å². The molecule has 0 saturated carbocycles. The zero-order valence-electron chi connectivity index (χ0n) is 18.3. The van der Waals surface area contributed by atoms with E-state index in [9.17, 15) is 0 Å². The second-order valence-corrected chi connectivity index (χ2v) is 8.36. The van der Waals surface area contributed by atoms with Crippen LogP contribution in [0.5, 0.6) is 0 Å². The molecule has 3 saturated heterocycles. The van der Waals surface area contributed by atoms with Crippen molar-refractivity contribution in [1.82, 2.24) is 20.0 Å². The van der Waals surface area contributed by atoms with Crippen LogP contribution in [0.3, 0.4) is 0 Å². The van der Waals surface area contributed by atoms with Gasteiger partial charge in [-0.3, -0.25) is 14.8 Å². The Labute approximate surface area is 198 Å². The highest BCUT2D eigenvalue weighted by Gasteiger charge is 2.31. The highest BCUT2D eigenvalue weighted by molar-refractivity contribution is 14.0. The molecule has 3 fully saturated rings. The van der Waals surface area contributed by atoms with Crippen LogP contribution in [0.15, 0.2) is 27.8 Å². The molecule has 3 aliphatic rings. The molecule has 0 aliphatic carbocycles. The van der Waals surface area contributed by atoms with Crippen LogP contribution >= 0.6 is 24.0 Å². The van der Waals surface area contributed by atoms with Gasteiger partial charge in [0.05, 0.1) is 32.1 Å². The zero-order chi connectivity index (χ0) is 19.9. The summed E-state index contributed by atoms with van der Waals surface area (Å²) in [7, 11) is 0. The number of guanidine groups is 1. The Bertz CT molecular complexity index is 629. The van der Waals surface area contributed by atoms with Crippen molar-refractivity contribution in [3.8, 4) is 0 Å². The summed E-state index contributed by atoms with van der Waals surface area (Å²) in [6, 6.07) is 4.95. The number of halogens is 1. The van der Waals surface area contributed by atoms with Crippen LogP contribution in [0.4, 0.5) is 0 Å². The first kappa shape index (κ1) is 23.8. The third kappa shape index (κ3) is 6.11. The van der Waals surface area contributed by atoms with Gasteiger partial charge in [-0.2, -0.15) is 0 Å². The van der Waals surface area contributed by atoms with Gasteiger partial charge in [0, 0.05) is 38.8 Å². The molecule has 0 spiro atoms. The van der Waals surface area contributed by atoms with Gasteiger partial charge in [0.2, 0.25) is 0 Å². The van der Waals surface area contributed by atoms with Crippen LogP contribution in [0.1, 0.15) is 44.4 Å². The van der Waals surface area contributed by atoms with Crippen LogP contribution in [0.25, 0.3) is 0 Å². The summed E-state index contributed by atoms with van der Waals surface area (Å²) >= 11 is 0. The molecule has 170 valence electrons. The minimum absolute atomic E-state index is 0. The lowest BCUT2D eigenvalue weighted by molar-refractivity contribution is 0.0195.